The van der Waals surface area contributed by atoms with Gasteiger partial charge < -0.3 is 18.9 Å². The molecule has 0 saturated heterocycles. The zero-order chi connectivity index (χ0) is 25.1. The smallest absolute Gasteiger partial charge is 0.316 e. The molecule has 3 rings (SSSR count). The third-order valence-corrected chi connectivity index (χ3v) is 5.95. The van der Waals surface area contributed by atoms with Gasteiger partial charge in [0.25, 0.3) is 16.1 Å². The summed E-state index contributed by atoms with van der Waals surface area (Å²) in [6, 6.07) is 7.07. The standard InChI is InChI=1S/C21H26N6O6S2/c1-4-9-26-35(28,29)27-19-18(33-17-8-6-5-7-16(17)30-2)20(25-14-24-19)31-10-11-32-21-22-12-15(34-3)13-23-21/h5-8,12-14,26H,4,9-11H2,1-3H3,(H,24,25,27). The molecule has 2 N–H and O–H groups in total. The number of nitrogens with one attached hydrogen (secondary N) is 2. The highest BCUT2D eigenvalue weighted by atomic mass is 32.2. The lowest BCUT2D eigenvalue weighted by atomic mass is 10.3. The number of thioether (sulfide) groups is 1. The van der Waals surface area contributed by atoms with Crippen LogP contribution in [0.15, 0.2) is 47.9 Å². The highest BCUT2D eigenvalue weighted by Crippen LogP contribution is 2.39. The zero-order valence-electron chi connectivity index (χ0n) is 19.4. The normalized spacial score (nSPS) is 11.1. The van der Waals surface area contributed by atoms with Crippen molar-refractivity contribution in [2.24, 2.45) is 0 Å². The molecule has 14 heteroatoms. The number of para-hydroxylation sites is 2. The molecule has 0 fully saturated rings. The van der Waals surface area contributed by atoms with Crippen molar-refractivity contribution in [3.8, 4) is 29.1 Å². The zero-order valence-corrected chi connectivity index (χ0v) is 21.1. The molecule has 188 valence electrons. The summed E-state index contributed by atoms with van der Waals surface area (Å²) in [6.45, 7) is 2.26. The van der Waals surface area contributed by atoms with Gasteiger partial charge in [-0.15, -0.1) is 11.8 Å². The highest BCUT2D eigenvalue weighted by molar-refractivity contribution is 7.98. The van der Waals surface area contributed by atoms with Crippen molar-refractivity contribution in [1.82, 2.24) is 24.7 Å². The first-order valence-corrected chi connectivity index (χ1v) is 13.2. The number of anilines is 1. The maximum absolute atomic E-state index is 12.4. The van der Waals surface area contributed by atoms with Gasteiger partial charge in [-0.3, -0.25) is 4.72 Å². The van der Waals surface area contributed by atoms with Crippen molar-refractivity contribution in [2.75, 3.05) is 37.8 Å². The molecule has 0 saturated carbocycles. The topological polar surface area (TPSA) is 147 Å². The van der Waals surface area contributed by atoms with Crippen LogP contribution in [0, 0.1) is 0 Å². The summed E-state index contributed by atoms with van der Waals surface area (Å²) >= 11 is 1.52. The van der Waals surface area contributed by atoms with Crippen LogP contribution >= 0.6 is 11.8 Å². The van der Waals surface area contributed by atoms with Crippen LogP contribution in [-0.2, 0) is 10.2 Å². The summed E-state index contributed by atoms with van der Waals surface area (Å²) in [5.41, 5.74) is 0. The lowest BCUT2D eigenvalue weighted by molar-refractivity contribution is 0.197. The van der Waals surface area contributed by atoms with Crippen molar-refractivity contribution < 1.29 is 27.4 Å². The number of ether oxygens (including phenoxy) is 4. The van der Waals surface area contributed by atoms with Gasteiger partial charge in [-0.1, -0.05) is 19.1 Å². The van der Waals surface area contributed by atoms with Crippen molar-refractivity contribution in [3.63, 3.8) is 0 Å². The molecule has 2 heterocycles. The van der Waals surface area contributed by atoms with Crippen LogP contribution in [0.1, 0.15) is 13.3 Å². The number of nitrogens with zero attached hydrogens (tertiary/aromatic N) is 4. The number of rotatable bonds is 14. The molecule has 0 aliphatic heterocycles. The van der Waals surface area contributed by atoms with Crippen LogP contribution in [0.2, 0.25) is 0 Å². The summed E-state index contributed by atoms with van der Waals surface area (Å²) in [7, 11) is -2.42. The van der Waals surface area contributed by atoms with Gasteiger partial charge in [-0.2, -0.15) is 18.1 Å². The van der Waals surface area contributed by atoms with Crippen LogP contribution in [0.5, 0.6) is 29.1 Å². The number of methoxy groups -OCH3 is 1. The summed E-state index contributed by atoms with van der Waals surface area (Å²) in [5.74, 6) is 0.590. The van der Waals surface area contributed by atoms with E-state index < -0.39 is 10.2 Å². The van der Waals surface area contributed by atoms with Crippen molar-refractivity contribution in [2.45, 2.75) is 18.2 Å². The maximum atomic E-state index is 12.4. The first-order chi connectivity index (χ1) is 17.0. The van der Waals surface area contributed by atoms with E-state index in [9.17, 15) is 8.42 Å². The third kappa shape index (κ3) is 7.83. The Balaban J connectivity index is 1.79. The van der Waals surface area contributed by atoms with Crippen molar-refractivity contribution in [3.05, 3.63) is 43.0 Å². The second-order valence-electron chi connectivity index (χ2n) is 6.71. The Labute approximate surface area is 208 Å². The summed E-state index contributed by atoms with van der Waals surface area (Å²) in [6.07, 6.45) is 7.01. The van der Waals surface area contributed by atoms with Crippen LogP contribution in [-0.4, -0.2) is 61.5 Å². The summed E-state index contributed by atoms with van der Waals surface area (Å²) in [5, 5.41) is 0. The van der Waals surface area contributed by atoms with E-state index in [1.54, 1.807) is 36.7 Å². The predicted molar refractivity (Wildman–Crippen MR) is 131 cm³/mol. The fourth-order valence-electron chi connectivity index (χ4n) is 2.59. The Bertz CT molecular complexity index is 1200. The number of hydrogen-bond acceptors (Lipinski definition) is 11. The Hall–Kier alpha value is -3.36. The molecule has 0 aliphatic rings. The number of aromatic nitrogens is 4. The minimum atomic E-state index is -3.91. The lowest BCUT2D eigenvalue weighted by Crippen LogP contribution is -2.31. The van der Waals surface area contributed by atoms with Crippen LogP contribution in [0.25, 0.3) is 0 Å². The lowest BCUT2D eigenvalue weighted by Gasteiger charge is -2.17. The van der Waals surface area contributed by atoms with Gasteiger partial charge in [-0.05, 0) is 24.8 Å². The van der Waals surface area contributed by atoms with E-state index in [0.29, 0.717) is 17.9 Å². The molecule has 0 atom stereocenters. The maximum Gasteiger partial charge on any atom is 0.316 e. The largest absolute Gasteiger partial charge is 0.493 e. The molecule has 0 spiro atoms. The summed E-state index contributed by atoms with van der Waals surface area (Å²) in [4.78, 5) is 17.3. The van der Waals surface area contributed by atoms with E-state index >= 15 is 0 Å². The molecular weight excluding hydrogens is 496 g/mol. The molecule has 0 bridgehead atoms. The molecule has 0 amide bonds. The Morgan fingerprint density at radius 1 is 1.00 bits per heavy atom. The molecule has 3 aromatic rings. The molecule has 0 unspecified atom stereocenters. The molecular formula is C21H26N6O6S2. The quantitative estimate of drug-likeness (QED) is 0.238. The third-order valence-electron chi connectivity index (χ3n) is 4.22. The minimum absolute atomic E-state index is 0.00125. The average Bonchev–Trinajstić information content (AvgIpc) is 2.87. The monoisotopic (exact) mass is 522 g/mol. The number of hydrogen-bond donors (Lipinski definition) is 2. The van der Waals surface area contributed by atoms with Crippen LogP contribution in [0.3, 0.4) is 0 Å². The van der Waals surface area contributed by atoms with E-state index in [2.05, 4.69) is 29.4 Å². The van der Waals surface area contributed by atoms with Gasteiger partial charge in [0.1, 0.15) is 19.5 Å². The SMILES string of the molecule is CCCNS(=O)(=O)Nc1ncnc(OCCOc2ncc(SC)cn2)c1Oc1ccccc1OC. The molecule has 1 aromatic carbocycles. The van der Waals surface area contributed by atoms with Gasteiger partial charge >= 0.3 is 6.01 Å². The Morgan fingerprint density at radius 2 is 1.71 bits per heavy atom. The first kappa shape index (κ1) is 26.2. The Kier molecular flexibility index (Phi) is 9.69. The second-order valence-corrected chi connectivity index (χ2v) is 9.09. The summed E-state index contributed by atoms with van der Waals surface area (Å²) < 4.78 is 52.1. The fourth-order valence-corrected chi connectivity index (χ4v) is 3.85. The molecule has 12 nitrogen and oxygen atoms in total. The van der Waals surface area contributed by atoms with Gasteiger partial charge in [0.2, 0.25) is 5.75 Å². The van der Waals surface area contributed by atoms with Crippen molar-refractivity contribution >= 4 is 27.8 Å². The second kappa shape index (κ2) is 12.9. The van der Waals surface area contributed by atoms with Crippen LogP contribution in [0.4, 0.5) is 5.82 Å². The predicted octanol–water partition coefficient (Wildman–Crippen LogP) is 2.90. The van der Waals surface area contributed by atoms with Gasteiger partial charge in [0.15, 0.2) is 17.3 Å². The Morgan fingerprint density at radius 3 is 2.40 bits per heavy atom. The van der Waals surface area contributed by atoms with Gasteiger partial charge in [-0.25, -0.2) is 15.0 Å². The van der Waals surface area contributed by atoms with E-state index in [1.807, 2.05) is 13.2 Å². The molecule has 0 aliphatic carbocycles. The van der Waals surface area contributed by atoms with Crippen molar-refractivity contribution in [1.29, 1.82) is 0 Å². The molecule has 2 aromatic heterocycles. The van der Waals surface area contributed by atoms with E-state index in [4.69, 9.17) is 18.9 Å². The molecule has 35 heavy (non-hydrogen) atoms. The van der Waals surface area contributed by atoms with Crippen LogP contribution < -0.4 is 28.4 Å². The highest BCUT2D eigenvalue weighted by Gasteiger charge is 2.21. The van der Waals surface area contributed by atoms with E-state index in [-0.39, 0.29) is 43.2 Å². The minimum Gasteiger partial charge on any atom is -0.493 e. The van der Waals surface area contributed by atoms with Gasteiger partial charge in [0, 0.05) is 23.8 Å². The fraction of sp³-hybridized carbons (Fsp3) is 0.333. The average molecular weight is 523 g/mol. The van der Waals surface area contributed by atoms with Gasteiger partial charge in [0.05, 0.1) is 7.11 Å². The van der Waals surface area contributed by atoms with E-state index in [1.165, 1.54) is 18.9 Å². The number of benzene rings is 1. The first-order valence-electron chi connectivity index (χ1n) is 10.5. The molecule has 0 radical (unpaired) electrons. The van der Waals surface area contributed by atoms with E-state index in [0.717, 1.165) is 11.2 Å².